The van der Waals surface area contributed by atoms with Gasteiger partial charge in [0.05, 0.1) is 14.2 Å². The summed E-state index contributed by atoms with van der Waals surface area (Å²) in [6.07, 6.45) is 1.31. The first-order valence-electron chi connectivity index (χ1n) is 7.01. The molecule has 0 aliphatic heterocycles. The van der Waals surface area contributed by atoms with Crippen molar-refractivity contribution in [3.8, 4) is 23.3 Å². The van der Waals surface area contributed by atoms with Crippen LogP contribution in [-0.4, -0.2) is 25.2 Å². The lowest BCUT2D eigenvalue weighted by Gasteiger charge is -2.06. The van der Waals surface area contributed by atoms with Gasteiger partial charge in [0.2, 0.25) is 0 Å². The summed E-state index contributed by atoms with van der Waals surface area (Å²) >= 11 is 0. The summed E-state index contributed by atoms with van der Waals surface area (Å²) < 4.78 is 10.0. The SMILES string of the molecule is COc1ccc(NC(=O)/C(C#N)=C/c2ccc(OC)cc2O)cc1. The Hall–Kier alpha value is -3.46. The number of rotatable bonds is 5. The largest absolute Gasteiger partial charge is 0.507 e. The zero-order chi connectivity index (χ0) is 17.5. The molecule has 24 heavy (non-hydrogen) atoms. The van der Waals surface area contributed by atoms with Crippen LogP contribution in [0.3, 0.4) is 0 Å². The molecule has 2 aromatic carbocycles. The van der Waals surface area contributed by atoms with Crippen LogP contribution in [0.2, 0.25) is 0 Å². The summed E-state index contributed by atoms with van der Waals surface area (Å²) in [7, 11) is 3.03. The molecule has 122 valence electrons. The Bertz CT molecular complexity index is 805. The van der Waals surface area contributed by atoms with Gasteiger partial charge in [0.25, 0.3) is 5.91 Å². The van der Waals surface area contributed by atoms with Crippen LogP contribution in [0.15, 0.2) is 48.0 Å². The number of hydrogen-bond donors (Lipinski definition) is 2. The topological polar surface area (TPSA) is 91.6 Å². The number of benzene rings is 2. The van der Waals surface area contributed by atoms with Crippen molar-refractivity contribution in [2.75, 3.05) is 19.5 Å². The number of carbonyl (C=O) groups excluding carboxylic acids is 1. The number of nitrogens with one attached hydrogen (secondary N) is 1. The lowest BCUT2D eigenvalue weighted by Crippen LogP contribution is -2.13. The Morgan fingerprint density at radius 1 is 1.12 bits per heavy atom. The minimum absolute atomic E-state index is 0.0839. The zero-order valence-electron chi connectivity index (χ0n) is 13.2. The van der Waals surface area contributed by atoms with Crippen LogP contribution in [0.5, 0.6) is 17.2 Å². The van der Waals surface area contributed by atoms with E-state index in [1.54, 1.807) is 43.5 Å². The van der Waals surface area contributed by atoms with Crippen molar-refractivity contribution in [2.45, 2.75) is 0 Å². The van der Waals surface area contributed by atoms with Gasteiger partial charge in [-0.3, -0.25) is 4.79 Å². The van der Waals surface area contributed by atoms with Crippen molar-refractivity contribution in [3.05, 3.63) is 53.6 Å². The van der Waals surface area contributed by atoms with Crippen molar-refractivity contribution in [2.24, 2.45) is 0 Å². The number of ether oxygens (including phenoxy) is 2. The van der Waals surface area contributed by atoms with Crippen molar-refractivity contribution < 1.29 is 19.4 Å². The summed E-state index contributed by atoms with van der Waals surface area (Å²) in [4.78, 5) is 12.2. The van der Waals surface area contributed by atoms with Crippen LogP contribution in [0.1, 0.15) is 5.56 Å². The molecule has 0 fully saturated rings. The number of carbonyl (C=O) groups is 1. The van der Waals surface area contributed by atoms with Crippen LogP contribution in [0.25, 0.3) is 6.08 Å². The smallest absolute Gasteiger partial charge is 0.266 e. The molecule has 6 nitrogen and oxygen atoms in total. The maximum absolute atomic E-state index is 12.2. The first-order valence-corrected chi connectivity index (χ1v) is 7.01. The fourth-order valence-electron chi connectivity index (χ4n) is 1.95. The van der Waals surface area contributed by atoms with E-state index in [1.165, 1.54) is 19.3 Å². The third-order valence-corrected chi connectivity index (χ3v) is 3.25. The number of phenols is 1. The number of aromatic hydroxyl groups is 1. The van der Waals surface area contributed by atoms with Gasteiger partial charge in [-0.15, -0.1) is 0 Å². The van der Waals surface area contributed by atoms with Gasteiger partial charge in [0, 0.05) is 17.3 Å². The quantitative estimate of drug-likeness (QED) is 0.652. The van der Waals surface area contributed by atoms with Gasteiger partial charge in [-0.1, -0.05) is 0 Å². The van der Waals surface area contributed by atoms with Gasteiger partial charge in [-0.25, -0.2) is 0 Å². The molecule has 0 aliphatic carbocycles. The summed E-state index contributed by atoms with van der Waals surface area (Å²) in [5, 5.41) is 21.7. The second kappa shape index (κ2) is 7.70. The van der Waals surface area contributed by atoms with Crippen molar-refractivity contribution in [1.29, 1.82) is 5.26 Å². The van der Waals surface area contributed by atoms with Crippen molar-refractivity contribution in [1.82, 2.24) is 0 Å². The normalized spacial score (nSPS) is 10.6. The maximum Gasteiger partial charge on any atom is 0.266 e. The number of hydrogen-bond acceptors (Lipinski definition) is 5. The summed E-state index contributed by atoms with van der Waals surface area (Å²) in [5.41, 5.74) is 0.740. The molecule has 0 unspecified atom stereocenters. The number of nitriles is 1. The van der Waals surface area contributed by atoms with E-state index in [1.807, 2.05) is 6.07 Å². The molecule has 0 saturated carbocycles. The Kier molecular flexibility index (Phi) is 5.42. The molecule has 0 heterocycles. The highest BCUT2D eigenvalue weighted by Gasteiger charge is 2.11. The molecule has 0 spiro atoms. The molecule has 6 heteroatoms. The number of phenolic OH excluding ortho intramolecular Hbond substituents is 1. The molecule has 0 saturated heterocycles. The predicted molar refractivity (Wildman–Crippen MR) is 89.9 cm³/mol. The van der Waals surface area contributed by atoms with Gasteiger partial charge in [0.15, 0.2) is 0 Å². The van der Waals surface area contributed by atoms with Gasteiger partial charge in [-0.05, 0) is 42.5 Å². The molecule has 0 aliphatic rings. The minimum atomic E-state index is -0.571. The summed E-state index contributed by atoms with van der Waals surface area (Å²) in [5.74, 6) is 0.482. The number of amides is 1. The number of anilines is 1. The van der Waals surface area contributed by atoms with Crippen LogP contribution < -0.4 is 14.8 Å². The molecule has 2 N–H and O–H groups in total. The Balaban J connectivity index is 2.20. The molecule has 0 atom stereocenters. The Morgan fingerprint density at radius 3 is 2.29 bits per heavy atom. The second-order valence-electron chi connectivity index (χ2n) is 4.78. The first kappa shape index (κ1) is 16.9. The Morgan fingerprint density at radius 2 is 1.75 bits per heavy atom. The van der Waals surface area contributed by atoms with E-state index < -0.39 is 5.91 Å². The molecule has 0 radical (unpaired) electrons. The molecular weight excluding hydrogens is 308 g/mol. The molecule has 1 amide bonds. The van der Waals surface area contributed by atoms with E-state index in [9.17, 15) is 15.2 Å². The zero-order valence-corrected chi connectivity index (χ0v) is 13.2. The Labute approximate surface area is 139 Å². The van der Waals surface area contributed by atoms with Gasteiger partial charge >= 0.3 is 0 Å². The molecule has 2 aromatic rings. The molecule has 0 aromatic heterocycles. The fraction of sp³-hybridized carbons (Fsp3) is 0.111. The van der Waals surface area contributed by atoms with Crippen molar-refractivity contribution >= 4 is 17.7 Å². The van der Waals surface area contributed by atoms with E-state index in [-0.39, 0.29) is 11.3 Å². The lowest BCUT2D eigenvalue weighted by molar-refractivity contribution is -0.112. The highest BCUT2D eigenvalue weighted by molar-refractivity contribution is 6.09. The van der Waals surface area contributed by atoms with E-state index in [4.69, 9.17) is 9.47 Å². The standard InChI is InChI=1S/C18H16N2O4/c1-23-15-7-4-14(5-8-15)20-18(22)13(11-19)9-12-3-6-16(24-2)10-17(12)21/h3-10,21H,1-2H3,(H,20,22)/b13-9+. The molecular formula is C18H16N2O4. The number of methoxy groups -OCH3 is 2. The van der Waals surface area contributed by atoms with Crippen LogP contribution in [-0.2, 0) is 4.79 Å². The summed E-state index contributed by atoms with van der Waals surface area (Å²) in [6, 6.07) is 13.1. The maximum atomic E-state index is 12.2. The predicted octanol–water partition coefficient (Wildman–Crippen LogP) is 2.96. The number of nitrogens with zero attached hydrogens (tertiary/aromatic N) is 1. The van der Waals surface area contributed by atoms with Gasteiger partial charge < -0.3 is 19.9 Å². The third kappa shape index (κ3) is 4.05. The third-order valence-electron chi connectivity index (χ3n) is 3.25. The second-order valence-corrected chi connectivity index (χ2v) is 4.78. The molecule has 2 rings (SSSR count). The summed E-state index contributed by atoms with van der Waals surface area (Å²) in [6.45, 7) is 0. The lowest BCUT2D eigenvalue weighted by atomic mass is 10.1. The van der Waals surface area contributed by atoms with E-state index in [0.717, 1.165) is 0 Å². The van der Waals surface area contributed by atoms with E-state index in [0.29, 0.717) is 22.7 Å². The van der Waals surface area contributed by atoms with Crippen LogP contribution in [0, 0.1) is 11.3 Å². The highest BCUT2D eigenvalue weighted by Crippen LogP contribution is 2.25. The fourth-order valence-corrected chi connectivity index (χ4v) is 1.95. The minimum Gasteiger partial charge on any atom is -0.507 e. The van der Waals surface area contributed by atoms with Crippen LogP contribution in [0.4, 0.5) is 5.69 Å². The van der Waals surface area contributed by atoms with Gasteiger partial charge in [-0.2, -0.15) is 5.26 Å². The van der Waals surface area contributed by atoms with Crippen molar-refractivity contribution in [3.63, 3.8) is 0 Å². The molecule has 0 bridgehead atoms. The monoisotopic (exact) mass is 324 g/mol. The van der Waals surface area contributed by atoms with E-state index >= 15 is 0 Å². The van der Waals surface area contributed by atoms with E-state index in [2.05, 4.69) is 5.32 Å². The average Bonchev–Trinajstić information content (AvgIpc) is 2.61. The van der Waals surface area contributed by atoms with Gasteiger partial charge in [0.1, 0.15) is 28.9 Å². The highest BCUT2D eigenvalue weighted by atomic mass is 16.5. The first-order chi connectivity index (χ1) is 11.6. The average molecular weight is 324 g/mol. The van der Waals surface area contributed by atoms with Crippen LogP contribution >= 0.6 is 0 Å².